The van der Waals surface area contributed by atoms with Gasteiger partial charge in [-0.25, -0.2) is 4.98 Å². The minimum Gasteiger partial charge on any atom is -0.304 e. The number of hydrogen-bond donors (Lipinski definition) is 0. The zero-order valence-corrected chi connectivity index (χ0v) is 10.9. The molecular formula is C12H7F4N3O3. The number of rotatable bonds is 2. The number of hydrogen-bond acceptors (Lipinski definition) is 4. The number of aromatic nitrogens is 2. The molecule has 0 fully saturated rings. The third-order valence-electron chi connectivity index (χ3n) is 2.89. The van der Waals surface area contributed by atoms with E-state index in [1.807, 2.05) is 0 Å². The fraction of sp³-hybridized carbons (Fsp3) is 0.167. The van der Waals surface area contributed by atoms with Gasteiger partial charge in [0, 0.05) is 18.7 Å². The van der Waals surface area contributed by atoms with Crippen LogP contribution in [0.2, 0.25) is 0 Å². The summed E-state index contributed by atoms with van der Waals surface area (Å²) in [6.45, 7) is 0. The molecule has 0 saturated carbocycles. The van der Waals surface area contributed by atoms with Crippen LogP contribution < -0.4 is 5.56 Å². The summed E-state index contributed by atoms with van der Waals surface area (Å²) in [6.07, 6.45) is -4.33. The van der Waals surface area contributed by atoms with Crippen molar-refractivity contribution in [1.82, 2.24) is 9.55 Å². The van der Waals surface area contributed by atoms with E-state index in [4.69, 9.17) is 0 Å². The van der Waals surface area contributed by atoms with E-state index < -0.39 is 39.6 Å². The van der Waals surface area contributed by atoms with Gasteiger partial charge in [0.05, 0.1) is 11.1 Å². The molecule has 1 heterocycles. The normalized spacial score (nSPS) is 11.5. The van der Waals surface area contributed by atoms with Gasteiger partial charge < -0.3 is 4.57 Å². The third-order valence-corrected chi connectivity index (χ3v) is 2.89. The molecule has 2 rings (SSSR count). The number of nitro benzene ring substituents is 1. The van der Waals surface area contributed by atoms with Crippen molar-refractivity contribution in [2.75, 3.05) is 0 Å². The van der Waals surface area contributed by atoms with Gasteiger partial charge in [-0.3, -0.25) is 14.9 Å². The van der Waals surface area contributed by atoms with Crippen LogP contribution in [0.3, 0.4) is 0 Å². The fourth-order valence-corrected chi connectivity index (χ4v) is 1.80. The average Bonchev–Trinajstić information content (AvgIpc) is 2.41. The Hall–Kier alpha value is -2.78. The molecule has 0 aliphatic carbocycles. The Morgan fingerprint density at radius 3 is 2.50 bits per heavy atom. The lowest BCUT2D eigenvalue weighted by Crippen LogP contribution is -2.27. The number of halogens is 4. The second kappa shape index (κ2) is 5.20. The third kappa shape index (κ3) is 2.67. The summed E-state index contributed by atoms with van der Waals surface area (Å²) >= 11 is 0. The molecule has 2 aromatic rings. The van der Waals surface area contributed by atoms with Gasteiger partial charge in [-0.1, -0.05) is 0 Å². The lowest BCUT2D eigenvalue weighted by molar-refractivity contribution is -0.387. The van der Waals surface area contributed by atoms with Crippen molar-refractivity contribution in [3.8, 4) is 11.3 Å². The zero-order chi connectivity index (χ0) is 16.7. The van der Waals surface area contributed by atoms with Crippen molar-refractivity contribution in [2.45, 2.75) is 6.18 Å². The molecule has 0 N–H and O–H groups in total. The number of nitro groups is 1. The number of benzene rings is 1. The Labute approximate surface area is 119 Å². The standard InChI is InChI=1S/C12H7F4N3O3/c1-18-9(12(14,15)16)5-17-10(11(18)20)6-2-3-7(13)8(4-6)19(21)22/h2-5H,1H3. The summed E-state index contributed by atoms with van der Waals surface area (Å²) in [7, 11) is 0.897. The lowest BCUT2D eigenvalue weighted by Gasteiger charge is -2.12. The van der Waals surface area contributed by atoms with Gasteiger partial charge in [-0.05, 0) is 12.1 Å². The highest BCUT2D eigenvalue weighted by molar-refractivity contribution is 5.62. The summed E-state index contributed by atoms with van der Waals surface area (Å²) in [5.74, 6) is -1.13. The van der Waals surface area contributed by atoms with Crippen molar-refractivity contribution in [3.05, 3.63) is 56.4 Å². The molecule has 0 unspecified atom stereocenters. The van der Waals surface area contributed by atoms with Crippen molar-refractivity contribution < 1.29 is 22.5 Å². The first-order valence-electron chi connectivity index (χ1n) is 5.70. The van der Waals surface area contributed by atoms with Crippen LogP contribution in [0.15, 0.2) is 29.2 Å². The Bertz CT molecular complexity index is 814. The molecule has 0 spiro atoms. The first-order chi connectivity index (χ1) is 10.1. The second-order valence-corrected chi connectivity index (χ2v) is 4.28. The van der Waals surface area contributed by atoms with E-state index in [9.17, 15) is 32.5 Å². The van der Waals surface area contributed by atoms with E-state index in [-0.39, 0.29) is 5.56 Å². The van der Waals surface area contributed by atoms with Gasteiger partial charge >= 0.3 is 11.9 Å². The summed E-state index contributed by atoms with van der Waals surface area (Å²) in [4.78, 5) is 25.0. The van der Waals surface area contributed by atoms with E-state index in [2.05, 4.69) is 4.98 Å². The van der Waals surface area contributed by atoms with Gasteiger partial charge in [-0.2, -0.15) is 17.6 Å². The molecule has 10 heteroatoms. The molecule has 0 bridgehead atoms. The summed E-state index contributed by atoms with van der Waals surface area (Å²) < 4.78 is 51.5. The monoisotopic (exact) mass is 317 g/mol. The van der Waals surface area contributed by atoms with Crippen LogP contribution >= 0.6 is 0 Å². The largest absolute Gasteiger partial charge is 0.433 e. The van der Waals surface area contributed by atoms with Crippen LogP contribution in [0.5, 0.6) is 0 Å². The minimum absolute atomic E-state index is 0.151. The molecule has 1 aromatic carbocycles. The molecular weight excluding hydrogens is 310 g/mol. The topological polar surface area (TPSA) is 78.0 Å². The smallest absolute Gasteiger partial charge is 0.304 e. The highest BCUT2D eigenvalue weighted by atomic mass is 19.4. The van der Waals surface area contributed by atoms with E-state index >= 15 is 0 Å². The van der Waals surface area contributed by atoms with E-state index in [0.29, 0.717) is 10.8 Å². The van der Waals surface area contributed by atoms with E-state index in [1.165, 1.54) is 0 Å². The van der Waals surface area contributed by atoms with Crippen LogP contribution in [0.25, 0.3) is 11.3 Å². The Morgan fingerprint density at radius 2 is 1.95 bits per heavy atom. The summed E-state index contributed by atoms with van der Waals surface area (Å²) in [5, 5.41) is 10.7. The molecule has 1 aromatic heterocycles. The number of alkyl halides is 3. The Morgan fingerprint density at radius 1 is 1.32 bits per heavy atom. The minimum atomic E-state index is -4.77. The molecule has 0 aliphatic rings. The van der Waals surface area contributed by atoms with Crippen LogP contribution in [0.4, 0.5) is 23.2 Å². The van der Waals surface area contributed by atoms with Gasteiger partial charge in [0.15, 0.2) is 0 Å². The van der Waals surface area contributed by atoms with Crippen LogP contribution in [0, 0.1) is 15.9 Å². The predicted octanol–water partition coefficient (Wildman–Crippen LogP) is 2.51. The van der Waals surface area contributed by atoms with E-state index in [0.717, 1.165) is 25.2 Å². The van der Waals surface area contributed by atoms with Gasteiger partial charge in [0.2, 0.25) is 5.82 Å². The summed E-state index contributed by atoms with van der Waals surface area (Å²) in [6, 6.07) is 2.51. The van der Waals surface area contributed by atoms with Gasteiger partial charge in [0.25, 0.3) is 5.56 Å². The maximum absolute atomic E-state index is 13.2. The maximum atomic E-state index is 13.2. The second-order valence-electron chi connectivity index (χ2n) is 4.28. The number of nitrogens with zero attached hydrogens (tertiary/aromatic N) is 3. The average molecular weight is 317 g/mol. The molecule has 0 saturated heterocycles. The van der Waals surface area contributed by atoms with Crippen molar-refractivity contribution in [2.24, 2.45) is 7.05 Å². The van der Waals surface area contributed by atoms with Crippen molar-refractivity contribution >= 4 is 5.69 Å². The molecule has 0 atom stereocenters. The quantitative estimate of drug-likeness (QED) is 0.484. The van der Waals surface area contributed by atoms with E-state index in [1.54, 1.807) is 0 Å². The SMILES string of the molecule is Cn1c(C(F)(F)F)cnc(-c2ccc(F)c([N+](=O)[O-])c2)c1=O. The zero-order valence-electron chi connectivity index (χ0n) is 10.9. The lowest BCUT2D eigenvalue weighted by atomic mass is 10.1. The predicted molar refractivity (Wildman–Crippen MR) is 66.5 cm³/mol. The molecule has 0 aliphatic heterocycles. The van der Waals surface area contributed by atoms with Crippen molar-refractivity contribution in [1.29, 1.82) is 0 Å². The Balaban J connectivity index is 2.65. The Kier molecular flexibility index (Phi) is 3.69. The first kappa shape index (κ1) is 15.6. The highest BCUT2D eigenvalue weighted by Crippen LogP contribution is 2.29. The maximum Gasteiger partial charge on any atom is 0.433 e. The molecule has 6 nitrogen and oxygen atoms in total. The van der Waals surface area contributed by atoms with Crippen LogP contribution in [-0.2, 0) is 13.2 Å². The van der Waals surface area contributed by atoms with Crippen molar-refractivity contribution in [3.63, 3.8) is 0 Å². The first-order valence-corrected chi connectivity index (χ1v) is 5.70. The molecule has 22 heavy (non-hydrogen) atoms. The molecule has 0 amide bonds. The van der Waals surface area contributed by atoms with Gasteiger partial charge in [-0.15, -0.1) is 0 Å². The molecule has 0 radical (unpaired) electrons. The highest BCUT2D eigenvalue weighted by Gasteiger charge is 2.34. The summed E-state index contributed by atoms with van der Waals surface area (Å²) in [5.41, 5.74) is -3.86. The van der Waals surface area contributed by atoms with Crippen LogP contribution in [0.1, 0.15) is 5.69 Å². The van der Waals surface area contributed by atoms with Gasteiger partial charge in [0.1, 0.15) is 11.4 Å². The molecule has 116 valence electrons. The van der Waals surface area contributed by atoms with Crippen LogP contribution in [-0.4, -0.2) is 14.5 Å². The fourth-order valence-electron chi connectivity index (χ4n) is 1.80.